The van der Waals surface area contributed by atoms with Crippen molar-refractivity contribution in [3.8, 4) is 61.2 Å². The predicted molar refractivity (Wildman–Crippen MR) is 203 cm³/mol. The first-order valence-electron chi connectivity index (χ1n) is 16.9. The van der Waals surface area contributed by atoms with Gasteiger partial charge < -0.3 is 0 Å². The van der Waals surface area contributed by atoms with Crippen molar-refractivity contribution in [3.05, 3.63) is 150 Å². The van der Waals surface area contributed by atoms with Gasteiger partial charge in [0.05, 0.1) is 27.3 Å². The maximum Gasteiger partial charge on any atom is 0.235 e. The van der Waals surface area contributed by atoms with Crippen LogP contribution in [-0.4, -0.2) is 14.5 Å². The van der Waals surface area contributed by atoms with Gasteiger partial charge in [0.25, 0.3) is 0 Å². The van der Waals surface area contributed by atoms with Gasteiger partial charge in [-0.2, -0.15) is 0 Å². The highest BCUT2D eigenvalue weighted by Gasteiger charge is 2.41. The molecule has 8 aromatic rings. The lowest BCUT2D eigenvalue weighted by Gasteiger charge is -2.23. The molecular weight excluding hydrogens is 615 g/mol. The van der Waals surface area contributed by atoms with E-state index in [1.807, 2.05) is 11.3 Å². The molecule has 0 saturated carbocycles. The third-order valence-electron chi connectivity index (χ3n) is 10.4. The first-order chi connectivity index (χ1) is 24.1. The second-order valence-electron chi connectivity index (χ2n) is 13.5. The van der Waals surface area contributed by atoms with Crippen LogP contribution in [0.3, 0.4) is 0 Å². The van der Waals surface area contributed by atoms with E-state index in [0.717, 1.165) is 39.7 Å². The molecule has 0 amide bonds. The number of benzene rings is 5. The van der Waals surface area contributed by atoms with Crippen molar-refractivity contribution >= 4 is 33.1 Å². The lowest BCUT2D eigenvalue weighted by molar-refractivity contribution is 0.656. The minimum Gasteiger partial charge on any atom is -0.277 e. The molecule has 5 aromatic carbocycles. The third-order valence-corrected chi connectivity index (χ3v) is 11.6. The fraction of sp³-hybridized carbons (Fsp3) is 0.111. The molecule has 0 unspecified atom stereocenters. The van der Waals surface area contributed by atoms with Crippen molar-refractivity contribution in [1.29, 1.82) is 0 Å². The Morgan fingerprint density at radius 2 is 1.33 bits per heavy atom. The summed E-state index contributed by atoms with van der Waals surface area (Å²) in [4.78, 5) is 13.5. The molecule has 0 fully saturated rings. The van der Waals surface area contributed by atoms with E-state index < -0.39 is 0 Å². The Labute approximate surface area is 289 Å². The summed E-state index contributed by atoms with van der Waals surface area (Å²) in [6.07, 6.45) is 1.42. The second-order valence-corrected chi connectivity index (χ2v) is 14.5. The molecule has 49 heavy (non-hydrogen) atoms. The summed E-state index contributed by atoms with van der Waals surface area (Å²) in [6, 6.07) is 45.3. The number of hydrogen-bond donors (Lipinski definition) is 0. The summed E-state index contributed by atoms with van der Waals surface area (Å²) in [5.74, 6) is 7.81. The molecule has 0 bridgehead atoms. The Hall–Kier alpha value is -5.76. The molecule has 3 aromatic heterocycles. The van der Waals surface area contributed by atoms with Crippen LogP contribution >= 0.6 is 11.3 Å². The SMILES string of the molecule is CC1(C)c2ccccc2-c2sc3c(c21)CC#CCc1c-3n(-c2nc(-c3ccccc3)c3cc(-c4ccccc4)ccc3n2)c2ccccc12. The van der Waals surface area contributed by atoms with Crippen molar-refractivity contribution in [2.75, 3.05) is 0 Å². The Kier molecular flexibility index (Phi) is 6.13. The molecular formula is C45H31N3S. The highest BCUT2D eigenvalue weighted by atomic mass is 32.1. The Morgan fingerprint density at radius 1 is 0.633 bits per heavy atom. The van der Waals surface area contributed by atoms with Gasteiger partial charge in [-0.3, -0.25) is 4.57 Å². The van der Waals surface area contributed by atoms with Gasteiger partial charge in [0.15, 0.2) is 0 Å². The van der Waals surface area contributed by atoms with Crippen LogP contribution in [-0.2, 0) is 18.3 Å². The fourth-order valence-electron chi connectivity index (χ4n) is 8.11. The number of fused-ring (bicyclic) bond motifs is 10. The van der Waals surface area contributed by atoms with E-state index in [1.54, 1.807) is 0 Å². The first kappa shape index (κ1) is 28.3. The minimum absolute atomic E-state index is 0.107. The van der Waals surface area contributed by atoms with Gasteiger partial charge >= 0.3 is 0 Å². The molecule has 232 valence electrons. The van der Waals surface area contributed by atoms with E-state index in [-0.39, 0.29) is 5.41 Å². The lowest BCUT2D eigenvalue weighted by Crippen LogP contribution is -2.17. The monoisotopic (exact) mass is 645 g/mol. The summed E-state index contributed by atoms with van der Waals surface area (Å²) in [5, 5.41) is 2.24. The van der Waals surface area contributed by atoms with Crippen LogP contribution in [0.2, 0.25) is 0 Å². The van der Waals surface area contributed by atoms with E-state index in [0.29, 0.717) is 12.4 Å². The average molecular weight is 646 g/mol. The highest BCUT2D eigenvalue weighted by molar-refractivity contribution is 7.19. The van der Waals surface area contributed by atoms with E-state index >= 15 is 0 Å². The van der Waals surface area contributed by atoms with Crippen LogP contribution < -0.4 is 0 Å². The van der Waals surface area contributed by atoms with Crippen LogP contribution in [0.5, 0.6) is 0 Å². The molecule has 0 radical (unpaired) electrons. The molecule has 4 heteroatoms. The average Bonchev–Trinajstić information content (AvgIpc) is 3.74. The van der Waals surface area contributed by atoms with Crippen LogP contribution in [0.1, 0.15) is 36.1 Å². The number of thiophene rings is 1. The zero-order valence-corrected chi connectivity index (χ0v) is 28.1. The van der Waals surface area contributed by atoms with Crippen LogP contribution in [0, 0.1) is 11.8 Å². The number of nitrogens with zero attached hydrogens (tertiary/aromatic N) is 3. The van der Waals surface area contributed by atoms with E-state index in [4.69, 9.17) is 9.97 Å². The first-order valence-corrected chi connectivity index (χ1v) is 17.7. The van der Waals surface area contributed by atoms with Gasteiger partial charge in [0, 0.05) is 39.5 Å². The molecule has 0 spiro atoms. The molecule has 3 nitrogen and oxygen atoms in total. The van der Waals surface area contributed by atoms with Crippen molar-refractivity contribution in [3.63, 3.8) is 0 Å². The molecule has 2 aliphatic carbocycles. The summed E-state index contributed by atoms with van der Waals surface area (Å²) >= 11 is 1.92. The fourth-order valence-corrected chi connectivity index (χ4v) is 9.69. The summed E-state index contributed by atoms with van der Waals surface area (Å²) in [6.45, 7) is 4.74. The Bertz CT molecular complexity index is 2680. The number of rotatable bonds is 3. The number of hydrogen-bond acceptors (Lipinski definition) is 3. The quantitative estimate of drug-likeness (QED) is 0.179. The molecule has 0 saturated heterocycles. The van der Waals surface area contributed by atoms with Crippen LogP contribution in [0.4, 0.5) is 0 Å². The normalized spacial score (nSPS) is 13.9. The van der Waals surface area contributed by atoms with E-state index in [1.165, 1.54) is 54.2 Å². The summed E-state index contributed by atoms with van der Waals surface area (Å²) in [7, 11) is 0. The zero-order valence-electron chi connectivity index (χ0n) is 27.3. The topological polar surface area (TPSA) is 30.7 Å². The van der Waals surface area contributed by atoms with Crippen molar-refractivity contribution in [2.45, 2.75) is 32.1 Å². The van der Waals surface area contributed by atoms with Gasteiger partial charge in [-0.05, 0) is 57.1 Å². The third kappa shape index (κ3) is 4.16. The van der Waals surface area contributed by atoms with E-state index in [9.17, 15) is 0 Å². The number of para-hydroxylation sites is 1. The maximum absolute atomic E-state index is 5.48. The van der Waals surface area contributed by atoms with Crippen molar-refractivity contribution in [2.24, 2.45) is 0 Å². The summed E-state index contributed by atoms with van der Waals surface area (Å²) in [5.41, 5.74) is 14.2. The summed E-state index contributed by atoms with van der Waals surface area (Å²) < 4.78 is 2.33. The van der Waals surface area contributed by atoms with Crippen LogP contribution in [0.25, 0.3) is 71.2 Å². The van der Waals surface area contributed by atoms with Gasteiger partial charge in [-0.1, -0.05) is 135 Å². The molecule has 10 rings (SSSR count). The van der Waals surface area contributed by atoms with Gasteiger partial charge in [-0.15, -0.1) is 11.3 Å². The second kappa shape index (κ2) is 10.6. The van der Waals surface area contributed by atoms with Gasteiger partial charge in [0.1, 0.15) is 0 Å². The maximum atomic E-state index is 5.48. The molecule has 2 aliphatic rings. The minimum atomic E-state index is -0.107. The highest BCUT2D eigenvalue weighted by Crippen LogP contribution is 2.57. The molecule has 0 aliphatic heterocycles. The smallest absolute Gasteiger partial charge is 0.235 e. The molecule has 0 atom stereocenters. The van der Waals surface area contributed by atoms with Crippen molar-refractivity contribution in [1.82, 2.24) is 14.5 Å². The predicted octanol–water partition coefficient (Wildman–Crippen LogP) is 11.0. The largest absolute Gasteiger partial charge is 0.277 e. The van der Waals surface area contributed by atoms with E-state index in [2.05, 4.69) is 158 Å². The lowest BCUT2D eigenvalue weighted by atomic mass is 9.80. The number of aromatic nitrogens is 3. The molecule has 3 heterocycles. The van der Waals surface area contributed by atoms with Crippen molar-refractivity contribution < 1.29 is 0 Å². The van der Waals surface area contributed by atoms with Gasteiger partial charge in [-0.25, -0.2) is 9.97 Å². The zero-order chi connectivity index (χ0) is 32.7. The van der Waals surface area contributed by atoms with Crippen LogP contribution in [0.15, 0.2) is 127 Å². The standard InChI is InChI=1S/C45H31N3S/c1-45(2)36-23-13-11-21-33(36)42-39(45)34-22-10-9-20-32-31-19-12-14-24-38(31)48(41(32)43(34)49-42)44-46-37-26-25-30(28-15-5-3-6-16-28)27-35(37)40(47-44)29-17-7-4-8-18-29/h3-8,11-19,21,23-27H,20,22H2,1-2H3. The Morgan fingerprint density at radius 3 is 2.14 bits per heavy atom. The Balaban J connectivity index is 1.29. The van der Waals surface area contributed by atoms with Gasteiger partial charge in [0.2, 0.25) is 5.95 Å². The molecule has 0 N–H and O–H groups in total.